The molecule has 1 aromatic heterocycles. The molecule has 19 heavy (non-hydrogen) atoms. The highest BCUT2D eigenvalue weighted by Gasteiger charge is 2.38. The van der Waals surface area contributed by atoms with Gasteiger partial charge in [0, 0.05) is 37.7 Å². The average molecular weight is 287 g/mol. The molecular formula is C13H25N3O2S. The van der Waals surface area contributed by atoms with Crippen molar-refractivity contribution in [2.45, 2.75) is 50.9 Å². The van der Waals surface area contributed by atoms with Crippen LogP contribution in [0.2, 0.25) is 0 Å². The third-order valence-corrected chi connectivity index (χ3v) is 5.99. The molecule has 1 heterocycles. The van der Waals surface area contributed by atoms with Crippen molar-refractivity contribution < 1.29 is 8.42 Å². The Bertz CT molecular complexity index is 506. The number of rotatable bonds is 7. The summed E-state index contributed by atoms with van der Waals surface area (Å²) in [5, 5.41) is 3.12. The third kappa shape index (κ3) is 3.57. The van der Waals surface area contributed by atoms with E-state index >= 15 is 0 Å². The molecule has 0 bridgehead atoms. The lowest BCUT2D eigenvalue weighted by molar-refractivity contribution is 0.418. The summed E-state index contributed by atoms with van der Waals surface area (Å²) < 4.78 is 25.1. The molecule has 0 aliphatic rings. The molecule has 0 saturated carbocycles. The second-order valence-corrected chi connectivity index (χ2v) is 8.05. The van der Waals surface area contributed by atoms with E-state index in [9.17, 15) is 8.42 Å². The number of aryl methyl sites for hydroxylation is 1. The van der Waals surface area contributed by atoms with Gasteiger partial charge in [0.2, 0.25) is 0 Å². The lowest BCUT2D eigenvalue weighted by Gasteiger charge is -2.32. The van der Waals surface area contributed by atoms with Gasteiger partial charge in [0.1, 0.15) is 5.82 Å². The molecule has 1 N–H and O–H groups in total. The lowest BCUT2D eigenvalue weighted by Crippen LogP contribution is -2.51. The Morgan fingerprint density at radius 1 is 1.47 bits per heavy atom. The molecule has 1 aromatic rings. The largest absolute Gasteiger partial charge is 0.335 e. The van der Waals surface area contributed by atoms with Gasteiger partial charge in [0.25, 0.3) is 0 Å². The van der Waals surface area contributed by atoms with Gasteiger partial charge in [-0.15, -0.1) is 0 Å². The van der Waals surface area contributed by atoms with E-state index in [1.54, 1.807) is 27.1 Å². The molecule has 0 radical (unpaired) electrons. The number of sulfone groups is 1. The molecule has 5 nitrogen and oxygen atoms in total. The number of hydrogen-bond donors (Lipinski definition) is 1. The quantitative estimate of drug-likeness (QED) is 0.819. The fourth-order valence-electron chi connectivity index (χ4n) is 2.11. The summed E-state index contributed by atoms with van der Waals surface area (Å²) in [6, 6.07) is -0.166. The fraction of sp³-hybridized carbons (Fsp3) is 0.769. The molecule has 0 aliphatic carbocycles. The Balaban J connectivity index is 2.97. The summed E-state index contributed by atoms with van der Waals surface area (Å²) in [6.07, 6.45) is 6.63. The van der Waals surface area contributed by atoms with E-state index in [0.29, 0.717) is 6.42 Å². The molecule has 0 fully saturated rings. The second kappa shape index (κ2) is 6.05. The minimum absolute atomic E-state index is 0.166. The predicted molar refractivity (Wildman–Crippen MR) is 78.0 cm³/mol. The van der Waals surface area contributed by atoms with Gasteiger partial charge in [-0.3, -0.25) is 0 Å². The van der Waals surface area contributed by atoms with Crippen LogP contribution in [0.5, 0.6) is 0 Å². The molecule has 110 valence electrons. The van der Waals surface area contributed by atoms with E-state index in [4.69, 9.17) is 0 Å². The van der Waals surface area contributed by atoms with Crippen LogP contribution in [0.4, 0.5) is 0 Å². The molecule has 1 rings (SSSR count). The lowest BCUT2D eigenvalue weighted by atomic mass is 9.99. The van der Waals surface area contributed by atoms with E-state index < -0.39 is 14.6 Å². The second-order valence-electron chi connectivity index (χ2n) is 5.46. The van der Waals surface area contributed by atoms with Gasteiger partial charge in [0.15, 0.2) is 9.84 Å². The maximum absolute atomic E-state index is 11.9. The third-order valence-electron chi connectivity index (χ3n) is 3.80. The summed E-state index contributed by atoms with van der Waals surface area (Å²) in [5.74, 6) is 0.929. The van der Waals surface area contributed by atoms with Crippen molar-refractivity contribution in [1.29, 1.82) is 0 Å². The molecule has 1 unspecified atom stereocenters. The Morgan fingerprint density at radius 2 is 2.11 bits per heavy atom. The standard InChI is InChI=1S/C13H25N3O2S/c1-6-8-16-9-7-15-12(16)10-11(14-4)13(2,3)19(5,17)18/h7,9,11,14H,6,8,10H2,1-5H3. The number of nitrogens with zero attached hydrogens (tertiary/aromatic N) is 2. The summed E-state index contributed by atoms with van der Waals surface area (Å²) in [7, 11) is -1.35. The molecule has 1 atom stereocenters. The van der Waals surface area contributed by atoms with Gasteiger partial charge in [-0.1, -0.05) is 6.92 Å². The minimum atomic E-state index is -3.14. The van der Waals surface area contributed by atoms with E-state index in [1.807, 2.05) is 6.20 Å². The Hall–Kier alpha value is -0.880. The summed E-state index contributed by atoms with van der Waals surface area (Å²) in [4.78, 5) is 4.35. The van der Waals surface area contributed by atoms with Crippen molar-refractivity contribution in [3.05, 3.63) is 18.2 Å². The van der Waals surface area contributed by atoms with Crippen molar-refractivity contribution in [2.24, 2.45) is 0 Å². The zero-order valence-corrected chi connectivity index (χ0v) is 13.3. The van der Waals surface area contributed by atoms with Gasteiger partial charge in [-0.05, 0) is 27.3 Å². The van der Waals surface area contributed by atoms with Crippen molar-refractivity contribution in [2.75, 3.05) is 13.3 Å². The maximum atomic E-state index is 11.9. The van der Waals surface area contributed by atoms with Crippen LogP contribution in [-0.4, -0.2) is 42.1 Å². The number of likely N-dealkylation sites (N-methyl/N-ethyl adjacent to an activating group) is 1. The highest BCUT2D eigenvalue weighted by atomic mass is 32.2. The summed E-state index contributed by atoms with van der Waals surface area (Å²) in [5.41, 5.74) is 0. The first-order valence-corrected chi connectivity index (χ1v) is 8.50. The predicted octanol–water partition coefficient (Wildman–Crippen LogP) is 1.25. The maximum Gasteiger partial charge on any atom is 0.154 e. The van der Waals surface area contributed by atoms with Gasteiger partial charge in [-0.2, -0.15) is 0 Å². The van der Waals surface area contributed by atoms with Crippen LogP contribution in [0, 0.1) is 0 Å². The van der Waals surface area contributed by atoms with E-state index in [2.05, 4.69) is 21.8 Å². The van der Waals surface area contributed by atoms with Crippen LogP contribution in [0.1, 0.15) is 33.0 Å². The van der Waals surface area contributed by atoms with Gasteiger partial charge in [0.05, 0.1) is 4.75 Å². The molecule has 0 saturated heterocycles. The van der Waals surface area contributed by atoms with E-state index in [0.717, 1.165) is 18.8 Å². The van der Waals surface area contributed by atoms with E-state index in [-0.39, 0.29) is 6.04 Å². The minimum Gasteiger partial charge on any atom is -0.335 e. The zero-order valence-electron chi connectivity index (χ0n) is 12.5. The van der Waals surface area contributed by atoms with Crippen molar-refractivity contribution in [3.63, 3.8) is 0 Å². The van der Waals surface area contributed by atoms with Crippen LogP contribution >= 0.6 is 0 Å². The highest BCUT2D eigenvalue weighted by Crippen LogP contribution is 2.22. The summed E-state index contributed by atoms with van der Waals surface area (Å²) >= 11 is 0. The van der Waals surface area contributed by atoms with Gasteiger partial charge < -0.3 is 9.88 Å². The first-order chi connectivity index (χ1) is 8.74. The molecule has 0 aromatic carbocycles. The smallest absolute Gasteiger partial charge is 0.154 e. The Labute approximate surface area is 116 Å². The van der Waals surface area contributed by atoms with Crippen LogP contribution in [0.15, 0.2) is 12.4 Å². The molecule has 0 spiro atoms. The van der Waals surface area contributed by atoms with Gasteiger partial charge >= 0.3 is 0 Å². The number of nitrogens with one attached hydrogen (secondary N) is 1. The zero-order chi connectivity index (χ0) is 14.7. The van der Waals surface area contributed by atoms with Crippen molar-refractivity contribution >= 4 is 9.84 Å². The Morgan fingerprint density at radius 3 is 2.58 bits per heavy atom. The normalized spacial score (nSPS) is 14.6. The molecular weight excluding hydrogens is 262 g/mol. The van der Waals surface area contributed by atoms with Crippen LogP contribution < -0.4 is 5.32 Å². The van der Waals surface area contributed by atoms with Crippen molar-refractivity contribution in [1.82, 2.24) is 14.9 Å². The van der Waals surface area contributed by atoms with Crippen LogP contribution in [0.25, 0.3) is 0 Å². The van der Waals surface area contributed by atoms with Crippen LogP contribution in [0.3, 0.4) is 0 Å². The number of imidazole rings is 1. The number of hydrogen-bond acceptors (Lipinski definition) is 4. The van der Waals surface area contributed by atoms with Crippen molar-refractivity contribution in [3.8, 4) is 0 Å². The van der Waals surface area contributed by atoms with Crippen LogP contribution in [-0.2, 0) is 22.8 Å². The number of aromatic nitrogens is 2. The molecule has 0 aliphatic heterocycles. The summed E-state index contributed by atoms with van der Waals surface area (Å²) in [6.45, 7) is 6.54. The monoisotopic (exact) mass is 287 g/mol. The Kier molecular flexibility index (Phi) is 5.15. The highest BCUT2D eigenvalue weighted by molar-refractivity contribution is 7.92. The molecule has 6 heteroatoms. The van der Waals surface area contributed by atoms with Gasteiger partial charge in [-0.25, -0.2) is 13.4 Å². The fourth-order valence-corrected chi connectivity index (χ4v) is 2.83. The SMILES string of the molecule is CCCn1ccnc1CC(NC)C(C)(C)S(C)(=O)=O. The first-order valence-electron chi connectivity index (χ1n) is 6.61. The topological polar surface area (TPSA) is 64.0 Å². The first kappa shape index (κ1) is 16.2. The molecule has 0 amide bonds. The average Bonchev–Trinajstić information content (AvgIpc) is 2.72. The van der Waals surface area contributed by atoms with E-state index in [1.165, 1.54) is 6.26 Å².